The van der Waals surface area contributed by atoms with E-state index in [4.69, 9.17) is 9.47 Å². The number of aryl methyl sites for hydroxylation is 1. The van der Waals surface area contributed by atoms with E-state index in [1.807, 2.05) is 29.9 Å². The van der Waals surface area contributed by atoms with E-state index in [1.54, 1.807) is 59.9 Å². The van der Waals surface area contributed by atoms with Crippen molar-refractivity contribution < 1.29 is 37.1 Å². The van der Waals surface area contributed by atoms with Crippen molar-refractivity contribution in [2.75, 3.05) is 6.54 Å². The predicted octanol–water partition coefficient (Wildman–Crippen LogP) is 3.04. The quantitative estimate of drug-likeness (QED) is 0.296. The van der Waals surface area contributed by atoms with E-state index in [0.717, 1.165) is 5.69 Å². The van der Waals surface area contributed by atoms with Gasteiger partial charge in [-0.3, -0.25) is 24.1 Å². The molecule has 1 saturated heterocycles. The highest BCUT2D eigenvalue weighted by molar-refractivity contribution is 7.91. The maximum absolute atomic E-state index is 14.4. The van der Waals surface area contributed by atoms with Gasteiger partial charge in [-0.1, -0.05) is 26.8 Å². The molecule has 3 N–H and O–H groups in total. The van der Waals surface area contributed by atoms with Gasteiger partial charge in [0, 0.05) is 37.8 Å². The molecule has 2 aromatic heterocycles. The predicted molar refractivity (Wildman–Crippen MR) is 185 cm³/mol. The third-order valence-corrected chi connectivity index (χ3v) is 10.9. The SMILES string of the molecule is C=CC1CC1(NC(=O)C1CC(Oc2ccnc(-c3cccn3C)c2)CN1C(=O)C(NC(=O)OC(C)(C)C)C(C)(C)C)C(=O)NS(=O)(=O)C1CC1. The van der Waals surface area contributed by atoms with Crippen LogP contribution in [0.25, 0.3) is 11.4 Å². The number of pyridine rings is 1. The van der Waals surface area contributed by atoms with Gasteiger partial charge in [0.1, 0.15) is 35.1 Å². The first-order chi connectivity index (χ1) is 23.2. The number of carbonyl (C=O) groups excluding carboxylic acids is 4. The topological polar surface area (TPSA) is 178 Å². The van der Waals surface area contributed by atoms with E-state index >= 15 is 0 Å². The van der Waals surface area contributed by atoms with Crippen LogP contribution in [0.5, 0.6) is 5.75 Å². The molecule has 2 aliphatic carbocycles. The van der Waals surface area contributed by atoms with Crippen molar-refractivity contribution in [2.45, 2.75) is 102 Å². The van der Waals surface area contributed by atoms with Crippen LogP contribution in [0.15, 0.2) is 49.3 Å². The number of likely N-dealkylation sites (tertiary alicyclic amines) is 1. The summed E-state index contributed by atoms with van der Waals surface area (Å²) in [7, 11) is -1.99. The highest BCUT2D eigenvalue weighted by Crippen LogP contribution is 2.45. The summed E-state index contributed by atoms with van der Waals surface area (Å²) in [4.78, 5) is 60.7. The molecule has 3 heterocycles. The van der Waals surface area contributed by atoms with Crippen molar-refractivity contribution in [3.05, 3.63) is 49.3 Å². The molecule has 272 valence electrons. The van der Waals surface area contributed by atoms with Crippen molar-refractivity contribution in [1.82, 2.24) is 29.8 Å². The summed E-state index contributed by atoms with van der Waals surface area (Å²) < 4.78 is 41.2. The van der Waals surface area contributed by atoms with Gasteiger partial charge in [0.15, 0.2) is 0 Å². The Balaban J connectivity index is 1.42. The molecule has 2 aromatic rings. The summed E-state index contributed by atoms with van der Waals surface area (Å²) in [6, 6.07) is 5.06. The van der Waals surface area contributed by atoms with Crippen LogP contribution in [0.3, 0.4) is 0 Å². The van der Waals surface area contributed by atoms with E-state index in [9.17, 15) is 27.6 Å². The number of alkyl carbamates (subject to hydrolysis) is 1. The molecular formula is C35H48N6O8S. The van der Waals surface area contributed by atoms with E-state index < -0.39 is 79.7 Å². The number of amides is 4. The lowest BCUT2D eigenvalue weighted by Gasteiger charge is -2.36. The Labute approximate surface area is 293 Å². The normalized spacial score (nSPS) is 24.1. The molecule has 5 atom stereocenters. The Kier molecular flexibility index (Phi) is 9.87. The Morgan fingerprint density at radius 2 is 1.82 bits per heavy atom. The molecule has 0 bridgehead atoms. The lowest BCUT2D eigenvalue weighted by Crippen LogP contribution is -2.60. The zero-order valence-corrected chi connectivity index (χ0v) is 30.5. The van der Waals surface area contributed by atoms with Gasteiger partial charge < -0.3 is 29.6 Å². The largest absolute Gasteiger partial charge is 0.488 e. The fourth-order valence-electron chi connectivity index (χ4n) is 6.18. The lowest BCUT2D eigenvalue weighted by molar-refractivity contribution is -0.143. The first-order valence-electron chi connectivity index (χ1n) is 16.8. The fraction of sp³-hybridized carbons (Fsp3) is 0.571. The van der Waals surface area contributed by atoms with E-state index in [0.29, 0.717) is 24.3 Å². The second-order valence-electron chi connectivity index (χ2n) is 15.5. The van der Waals surface area contributed by atoms with Crippen LogP contribution < -0.4 is 20.1 Å². The molecule has 14 nitrogen and oxygen atoms in total. The van der Waals surface area contributed by atoms with Gasteiger partial charge in [-0.2, -0.15) is 0 Å². The van der Waals surface area contributed by atoms with Crippen LogP contribution in [-0.2, 0) is 36.2 Å². The van der Waals surface area contributed by atoms with Crippen molar-refractivity contribution in [3.63, 3.8) is 0 Å². The maximum atomic E-state index is 14.4. The van der Waals surface area contributed by atoms with Crippen LogP contribution in [0.4, 0.5) is 4.79 Å². The minimum atomic E-state index is -3.89. The number of rotatable bonds is 11. The second kappa shape index (κ2) is 13.4. The maximum Gasteiger partial charge on any atom is 0.408 e. The minimum absolute atomic E-state index is 0.0124. The van der Waals surface area contributed by atoms with Crippen LogP contribution in [0.2, 0.25) is 0 Å². The van der Waals surface area contributed by atoms with E-state index in [-0.39, 0.29) is 19.4 Å². The molecule has 15 heteroatoms. The average molecular weight is 713 g/mol. The number of carbonyl (C=O) groups is 4. The van der Waals surface area contributed by atoms with Crippen molar-refractivity contribution in [2.24, 2.45) is 18.4 Å². The first kappa shape index (κ1) is 36.9. The molecule has 5 rings (SSSR count). The van der Waals surface area contributed by atoms with Gasteiger partial charge >= 0.3 is 6.09 Å². The first-order valence-corrected chi connectivity index (χ1v) is 18.3. The van der Waals surface area contributed by atoms with Gasteiger partial charge in [-0.15, -0.1) is 6.58 Å². The Hall–Kier alpha value is -4.40. The Morgan fingerprint density at radius 1 is 1.12 bits per heavy atom. The third-order valence-electron chi connectivity index (χ3n) is 9.11. The van der Waals surface area contributed by atoms with Gasteiger partial charge in [0.05, 0.1) is 23.2 Å². The fourth-order valence-corrected chi connectivity index (χ4v) is 7.54. The third kappa shape index (κ3) is 8.14. The molecular weight excluding hydrogens is 664 g/mol. The summed E-state index contributed by atoms with van der Waals surface area (Å²) >= 11 is 0. The second-order valence-corrected chi connectivity index (χ2v) is 17.5. The molecule has 4 amide bonds. The number of ether oxygens (including phenoxy) is 2. The number of hydrogen-bond donors (Lipinski definition) is 3. The molecule has 0 aromatic carbocycles. The summed E-state index contributed by atoms with van der Waals surface area (Å²) in [6.45, 7) is 14.2. The summed E-state index contributed by atoms with van der Waals surface area (Å²) in [5.41, 5.74) is -1.62. The van der Waals surface area contributed by atoms with Crippen molar-refractivity contribution in [3.8, 4) is 17.1 Å². The summed E-state index contributed by atoms with van der Waals surface area (Å²) in [5.74, 6) is -2.07. The monoisotopic (exact) mass is 712 g/mol. The minimum Gasteiger partial charge on any atom is -0.488 e. The zero-order chi connectivity index (χ0) is 36.8. The molecule has 5 unspecified atom stereocenters. The highest BCUT2D eigenvalue weighted by atomic mass is 32.2. The highest BCUT2D eigenvalue weighted by Gasteiger charge is 2.62. The molecule has 3 fully saturated rings. The van der Waals surface area contributed by atoms with Crippen LogP contribution in [-0.4, -0.2) is 87.8 Å². The molecule has 0 spiro atoms. The van der Waals surface area contributed by atoms with Crippen molar-refractivity contribution >= 4 is 33.8 Å². The Morgan fingerprint density at radius 3 is 2.38 bits per heavy atom. The number of hydrogen-bond acceptors (Lipinski definition) is 9. The molecule has 3 aliphatic rings. The molecule has 2 saturated carbocycles. The Bertz CT molecular complexity index is 1770. The number of aromatic nitrogens is 2. The number of nitrogens with one attached hydrogen (secondary N) is 3. The lowest BCUT2D eigenvalue weighted by atomic mass is 9.85. The van der Waals surface area contributed by atoms with Gasteiger partial charge in [-0.05, 0) is 63.6 Å². The van der Waals surface area contributed by atoms with Gasteiger partial charge in [0.25, 0.3) is 5.91 Å². The smallest absolute Gasteiger partial charge is 0.408 e. The van der Waals surface area contributed by atoms with E-state index in [1.165, 1.54) is 11.0 Å². The number of sulfonamides is 1. The van der Waals surface area contributed by atoms with E-state index in [2.05, 4.69) is 26.9 Å². The molecule has 1 aliphatic heterocycles. The average Bonchev–Trinajstić information content (AvgIpc) is 3.90. The van der Waals surface area contributed by atoms with Crippen LogP contribution in [0.1, 0.15) is 67.2 Å². The molecule has 50 heavy (non-hydrogen) atoms. The van der Waals surface area contributed by atoms with Crippen LogP contribution in [0, 0.1) is 11.3 Å². The van der Waals surface area contributed by atoms with Crippen LogP contribution >= 0.6 is 0 Å². The zero-order valence-electron chi connectivity index (χ0n) is 29.7. The number of nitrogens with zero attached hydrogens (tertiary/aromatic N) is 3. The van der Waals surface area contributed by atoms with Crippen molar-refractivity contribution in [1.29, 1.82) is 0 Å². The summed E-state index contributed by atoms with van der Waals surface area (Å²) in [6.07, 6.45) is 4.70. The summed E-state index contributed by atoms with van der Waals surface area (Å²) in [5, 5.41) is 4.85. The standard InChI is InChI=1S/C35H48N6O8S/c1-9-21-19-35(21,31(44)39-50(46,47)24-12-13-24)38-29(42)27-18-23(48-22-14-15-36-25(17-22)26-11-10-16-40(26)8)20-41(27)30(43)28(33(2,3)4)37-32(45)49-34(5,6)7/h9-11,14-17,21,23-24,27-28H,1,12-13,18-20H2,2-8H3,(H,37,45)(H,38,42)(H,39,44). The molecule has 0 radical (unpaired) electrons. The van der Waals surface area contributed by atoms with Gasteiger partial charge in [-0.25, -0.2) is 13.2 Å². The van der Waals surface area contributed by atoms with Gasteiger partial charge in [0.2, 0.25) is 21.8 Å².